The van der Waals surface area contributed by atoms with E-state index in [9.17, 15) is 0 Å². The molecule has 0 aliphatic carbocycles. The van der Waals surface area contributed by atoms with Crippen molar-refractivity contribution in [2.75, 3.05) is 11.9 Å². The van der Waals surface area contributed by atoms with E-state index in [2.05, 4.69) is 30.0 Å². The van der Waals surface area contributed by atoms with E-state index in [1.807, 2.05) is 36.0 Å². The highest BCUT2D eigenvalue weighted by atomic mass is 32.1. The van der Waals surface area contributed by atoms with E-state index in [1.165, 1.54) is 5.69 Å². The minimum Gasteiger partial charge on any atom is -0.389 e. The predicted molar refractivity (Wildman–Crippen MR) is 87.0 cm³/mol. The maximum Gasteiger partial charge on any atom is 0.103 e. The van der Waals surface area contributed by atoms with Crippen LogP contribution in [0.15, 0.2) is 30.3 Å². The predicted octanol–water partition coefficient (Wildman–Crippen LogP) is 2.25. The second kappa shape index (κ2) is 6.05. The number of aryl methyl sites for hydroxylation is 2. The van der Waals surface area contributed by atoms with E-state index in [0.717, 1.165) is 29.9 Å². The van der Waals surface area contributed by atoms with E-state index in [0.29, 0.717) is 4.99 Å². The Labute approximate surface area is 125 Å². The summed E-state index contributed by atoms with van der Waals surface area (Å²) < 4.78 is 1.94. The number of anilines is 1. The Kier molecular flexibility index (Phi) is 4.39. The van der Waals surface area contributed by atoms with Gasteiger partial charge in [0, 0.05) is 25.3 Å². The van der Waals surface area contributed by atoms with Crippen LogP contribution in [0.3, 0.4) is 0 Å². The van der Waals surface area contributed by atoms with Crippen molar-refractivity contribution >= 4 is 22.9 Å². The van der Waals surface area contributed by atoms with Crippen LogP contribution < -0.4 is 10.6 Å². The van der Waals surface area contributed by atoms with E-state index in [1.54, 1.807) is 0 Å². The van der Waals surface area contributed by atoms with Gasteiger partial charge in [0.05, 0.1) is 17.9 Å². The lowest BCUT2D eigenvalue weighted by Gasteiger charge is -2.19. The highest BCUT2D eigenvalue weighted by molar-refractivity contribution is 7.80. The molecule has 0 saturated carbocycles. The third-order valence-electron chi connectivity index (χ3n) is 3.38. The number of aromatic nitrogens is 2. The van der Waals surface area contributed by atoms with Crippen molar-refractivity contribution in [3.05, 3.63) is 47.3 Å². The summed E-state index contributed by atoms with van der Waals surface area (Å²) in [5.41, 5.74) is 9.95. The van der Waals surface area contributed by atoms with Crippen LogP contribution in [0.5, 0.6) is 0 Å². The first-order valence-electron chi connectivity index (χ1n) is 6.64. The zero-order valence-corrected chi connectivity index (χ0v) is 12.9. The number of nitrogens with zero attached hydrogens (tertiary/aromatic N) is 3. The van der Waals surface area contributed by atoms with Crippen LogP contribution in [-0.4, -0.2) is 21.8 Å². The Balaban J connectivity index is 2.12. The highest BCUT2D eigenvalue weighted by Gasteiger charge is 2.08. The van der Waals surface area contributed by atoms with Gasteiger partial charge in [0.1, 0.15) is 4.99 Å². The Bertz CT molecular complexity index is 601. The second-order valence-corrected chi connectivity index (χ2v) is 5.31. The lowest BCUT2D eigenvalue weighted by Crippen LogP contribution is -2.18. The molecule has 0 aliphatic heterocycles. The molecule has 0 aliphatic rings. The molecule has 0 unspecified atom stereocenters. The van der Waals surface area contributed by atoms with Crippen LogP contribution in [0.4, 0.5) is 5.69 Å². The molecule has 0 bridgehead atoms. The zero-order chi connectivity index (χ0) is 14.7. The molecular formula is C15H20N4S. The van der Waals surface area contributed by atoms with Gasteiger partial charge in [-0.25, -0.2) is 0 Å². The van der Waals surface area contributed by atoms with Crippen molar-refractivity contribution in [1.82, 2.24) is 9.78 Å². The van der Waals surface area contributed by atoms with Gasteiger partial charge in [-0.3, -0.25) is 4.68 Å². The first-order valence-corrected chi connectivity index (χ1v) is 7.05. The molecule has 5 heteroatoms. The van der Waals surface area contributed by atoms with Crippen molar-refractivity contribution in [2.45, 2.75) is 19.9 Å². The van der Waals surface area contributed by atoms with Crippen molar-refractivity contribution in [3.63, 3.8) is 0 Å². The van der Waals surface area contributed by atoms with Gasteiger partial charge in [0.25, 0.3) is 0 Å². The minimum atomic E-state index is 0.429. The maximum atomic E-state index is 5.61. The monoisotopic (exact) mass is 288 g/mol. The molecule has 1 aromatic heterocycles. The third-order valence-corrected chi connectivity index (χ3v) is 3.62. The summed E-state index contributed by atoms with van der Waals surface area (Å²) in [7, 11) is 4.05. The summed E-state index contributed by atoms with van der Waals surface area (Å²) in [6.07, 6.45) is 0.959. The summed E-state index contributed by atoms with van der Waals surface area (Å²) in [5.74, 6) is 0. The fraction of sp³-hybridized carbons (Fsp3) is 0.333. The Hall–Kier alpha value is -1.88. The highest BCUT2D eigenvalue weighted by Crippen LogP contribution is 2.17. The average molecular weight is 288 g/mol. The number of thiocarbonyl (C=S) groups is 1. The zero-order valence-electron chi connectivity index (χ0n) is 12.1. The number of hydrogen-bond donors (Lipinski definition) is 1. The molecular weight excluding hydrogens is 268 g/mol. The Morgan fingerprint density at radius 1 is 1.35 bits per heavy atom. The molecule has 0 fully saturated rings. The summed E-state index contributed by atoms with van der Waals surface area (Å²) in [6, 6.07) is 10.1. The average Bonchev–Trinajstić information content (AvgIpc) is 2.79. The molecule has 0 radical (unpaired) electrons. The topological polar surface area (TPSA) is 47.1 Å². The fourth-order valence-corrected chi connectivity index (χ4v) is 2.24. The van der Waals surface area contributed by atoms with Crippen molar-refractivity contribution in [2.24, 2.45) is 12.8 Å². The molecule has 4 nitrogen and oxygen atoms in total. The lowest BCUT2D eigenvalue weighted by atomic mass is 10.2. The summed E-state index contributed by atoms with van der Waals surface area (Å²) in [5, 5.41) is 4.47. The van der Waals surface area contributed by atoms with Gasteiger partial charge >= 0.3 is 0 Å². The van der Waals surface area contributed by atoms with Gasteiger partial charge in [0.2, 0.25) is 0 Å². The van der Waals surface area contributed by atoms with Crippen LogP contribution >= 0.6 is 12.2 Å². The molecule has 0 amide bonds. The standard InChI is InChI=1S/C15H20N4S/c1-4-12-9-14(19(3)17-12)10-18(2)13-7-5-11(6-8-13)15(16)20/h5-9H,4,10H2,1-3H3,(H2,16,20). The normalized spacial score (nSPS) is 10.6. The first-order chi connectivity index (χ1) is 9.51. The third kappa shape index (κ3) is 3.17. The molecule has 1 aromatic carbocycles. The van der Waals surface area contributed by atoms with Crippen LogP contribution in [-0.2, 0) is 20.0 Å². The number of rotatable bonds is 5. The Morgan fingerprint density at radius 3 is 2.50 bits per heavy atom. The number of nitrogens with two attached hydrogens (primary N) is 1. The quantitative estimate of drug-likeness (QED) is 0.857. The van der Waals surface area contributed by atoms with E-state index >= 15 is 0 Å². The van der Waals surface area contributed by atoms with E-state index in [4.69, 9.17) is 18.0 Å². The van der Waals surface area contributed by atoms with Crippen LogP contribution in [0.2, 0.25) is 0 Å². The molecule has 106 valence electrons. The van der Waals surface area contributed by atoms with Crippen molar-refractivity contribution < 1.29 is 0 Å². The van der Waals surface area contributed by atoms with Gasteiger partial charge < -0.3 is 10.6 Å². The van der Waals surface area contributed by atoms with Gasteiger partial charge in [-0.15, -0.1) is 0 Å². The lowest BCUT2D eigenvalue weighted by molar-refractivity contribution is 0.689. The largest absolute Gasteiger partial charge is 0.389 e. The van der Waals surface area contributed by atoms with Gasteiger partial charge in [0.15, 0.2) is 0 Å². The molecule has 0 atom stereocenters. The first kappa shape index (κ1) is 14.5. The molecule has 0 spiro atoms. The van der Waals surface area contributed by atoms with E-state index in [-0.39, 0.29) is 0 Å². The minimum absolute atomic E-state index is 0.429. The smallest absolute Gasteiger partial charge is 0.103 e. The number of hydrogen-bond acceptors (Lipinski definition) is 3. The molecule has 2 aromatic rings. The molecule has 1 heterocycles. The van der Waals surface area contributed by atoms with Gasteiger partial charge in [-0.2, -0.15) is 5.10 Å². The summed E-state index contributed by atoms with van der Waals surface area (Å²) in [4.78, 5) is 2.61. The molecule has 0 saturated heterocycles. The summed E-state index contributed by atoms with van der Waals surface area (Å²) in [6.45, 7) is 2.93. The molecule has 2 rings (SSSR count). The Morgan fingerprint density at radius 2 is 2.00 bits per heavy atom. The SMILES string of the molecule is CCc1cc(CN(C)c2ccc(C(N)=S)cc2)n(C)n1. The summed E-state index contributed by atoms with van der Waals surface area (Å²) >= 11 is 4.96. The van der Waals surface area contributed by atoms with Crippen LogP contribution in [0, 0.1) is 0 Å². The molecule has 20 heavy (non-hydrogen) atoms. The van der Waals surface area contributed by atoms with Gasteiger partial charge in [-0.1, -0.05) is 19.1 Å². The van der Waals surface area contributed by atoms with Gasteiger partial charge in [-0.05, 0) is 36.8 Å². The van der Waals surface area contributed by atoms with Crippen molar-refractivity contribution in [3.8, 4) is 0 Å². The fourth-order valence-electron chi connectivity index (χ4n) is 2.11. The number of benzene rings is 1. The van der Waals surface area contributed by atoms with Crippen LogP contribution in [0.1, 0.15) is 23.9 Å². The maximum absolute atomic E-state index is 5.61. The van der Waals surface area contributed by atoms with Crippen molar-refractivity contribution in [1.29, 1.82) is 0 Å². The van der Waals surface area contributed by atoms with E-state index < -0.39 is 0 Å². The van der Waals surface area contributed by atoms with Crippen LogP contribution in [0.25, 0.3) is 0 Å². The second-order valence-electron chi connectivity index (χ2n) is 4.87. The molecule has 2 N–H and O–H groups in total.